The lowest BCUT2D eigenvalue weighted by atomic mass is 9.85. The smallest absolute Gasteiger partial charge is 0.219 e. The molecule has 2 aliphatic rings. The average molecular weight is 345 g/mol. The third-order valence-electron chi connectivity index (χ3n) is 5.76. The molecule has 138 valence electrons. The average Bonchev–Trinajstić information content (AvgIpc) is 2.96. The number of ether oxygens (including phenoxy) is 1. The maximum atomic E-state index is 11.7. The molecule has 1 aromatic carbocycles. The molecule has 1 N–H and O–H groups in total. The van der Waals surface area contributed by atoms with Crippen molar-refractivity contribution in [2.75, 3.05) is 13.2 Å². The Balaban J connectivity index is 1.52. The van der Waals surface area contributed by atoms with Crippen molar-refractivity contribution in [3.8, 4) is 0 Å². The Hall–Kier alpha value is -1.39. The molecule has 1 aliphatic heterocycles. The third kappa shape index (κ3) is 5.05. The molecule has 0 spiro atoms. The van der Waals surface area contributed by atoms with Crippen molar-refractivity contribution in [2.24, 2.45) is 0 Å². The fourth-order valence-electron chi connectivity index (χ4n) is 4.35. The Kier molecular flexibility index (Phi) is 6.49. The number of hydrogen-bond acceptors (Lipinski definition) is 3. The van der Waals surface area contributed by atoms with Gasteiger partial charge in [0.2, 0.25) is 5.91 Å². The van der Waals surface area contributed by atoms with Gasteiger partial charge in [-0.3, -0.25) is 4.79 Å². The maximum absolute atomic E-state index is 11.7. The zero-order chi connectivity index (χ0) is 17.6. The minimum atomic E-state index is -0.405. The summed E-state index contributed by atoms with van der Waals surface area (Å²) in [4.78, 5) is 13.5. The summed E-state index contributed by atoms with van der Waals surface area (Å²) in [6.45, 7) is 2.58. The molecule has 25 heavy (non-hydrogen) atoms. The molecule has 1 aliphatic carbocycles. The zero-order valence-electron chi connectivity index (χ0n) is 15.3. The number of aliphatic hydroxyl groups excluding tert-OH is 1. The number of amides is 1. The van der Waals surface area contributed by atoms with E-state index in [2.05, 4.69) is 30.3 Å². The lowest BCUT2D eigenvalue weighted by Gasteiger charge is -2.28. The van der Waals surface area contributed by atoms with Crippen LogP contribution in [0.5, 0.6) is 0 Å². The van der Waals surface area contributed by atoms with Crippen LogP contribution in [0.25, 0.3) is 0 Å². The fourth-order valence-corrected chi connectivity index (χ4v) is 4.35. The summed E-state index contributed by atoms with van der Waals surface area (Å²) in [6, 6.07) is 10.9. The molecular weight excluding hydrogens is 314 g/mol. The number of nitrogens with zero attached hydrogens (tertiary/aromatic N) is 1. The summed E-state index contributed by atoms with van der Waals surface area (Å²) in [6.07, 6.45) is 7.58. The van der Waals surface area contributed by atoms with Crippen molar-refractivity contribution in [3.05, 3.63) is 35.9 Å². The first-order valence-electron chi connectivity index (χ1n) is 9.75. The van der Waals surface area contributed by atoms with Crippen molar-refractivity contribution < 1.29 is 14.6 Å². The van der Waals surface area contributed by atoms with Crippen molar-refractivity contribution in [2.45, 2.75) is 76.0 Å². The lowest BCUT2D eigenvalue weighted by molar-refractivity contribution is -0.131. The predicted octanol–water partition coefficient (Wildman–Crippen LogP) is 3.49. The quantitative estimate of drug-likeness (QED) is 0.909. The van der Waals surface area contributed by atoms with Gasteiger partial charge in [-0.25, -0.2) is 0 Å². The van der Waals surface area contributed by atoms with E-state index in [1.54, 1.807) is 11.8 Å². The van der Waals surface area contributed by atoms with Crippen LogP contribution in [0.4, 0.5) is 0 Å². The highest BCUT2D eigenvalue weighted by molar-refractivity contribution is 5.74. The topological polar surface area (TPSA) is 49.8 Å². The second kappa shape index (κ2) is 8.81. The van der Waals surface area contributed by atoms with E-state index in [1.165, 1.54) is 31.2 Å². The van der Waals surface area contributed by atoms with Crippen molar-refractivity contribution >= 4 is 5.91 Å². The first-order valence-corrected chi connectivity index (χ1v) is 9.75. The van der Waals surface area contributed by atoms with E-state index in [0.717, 1.165) is 12.8 Å². The molecule has 1 saturated carbocycles. The number of β-amino-alcohol motifs (C(OH)–C–C–N with tert-alkyl or cyclic N) is 1. The van der Waals surface area contributed by atoms with E-state index in [0.29, 0.717) is 25.5 Å². The van der Waals surface area contributed by atoms with E-state index >= 15 is 0 Å². The van der Waals surface area contributed by atoms with Crippen molar-refractivity contribution in [1.29, 1.82) is 0 Å². The Morgan fingerprint density at radius 1 is 1.16 bits per heavy atom. The SMILES string of the molecule is CC(=O)N1C[C@H](O)C[C@H]1COC1CCCCC(c2ccccc2)CC1. The largest absolute Gasteiger partial charge is 0.391 e. The van der Waals surface area contributed by atoms with Gasteiger partial charge in [0.25, 0.3) is 0 Å². The number of aliphatic hydroxyl groups is 1. The summed E-state index contributed by atoms with van der Waals surface area (Å²) in [5.74, 6) is 0.668. The molecule has 4 atom stereocenters. The molecule has 4 nitrogen and oxygen atoms in total. The normalized spacial score (nSPS) is 30.7. The second-order valence-electron chi connectivity index (χ2n) is 7.64. The van der Waals surface area contributed by atoms with E-state index < -0.39 is 6.10 Å². The van der Waals surface area contributed by atoms with Gasteiger partial charge in [-0.1, -0.05) is 43.2 Å². The highest BCUT2D eigenvalue weighted by atomic mass is 16.5. The summed E-state index contributed by atoms with van der Waals surface area (Å²) in [5.41, 5.74) is 1.45. The van der Waals surface area contributed by atoms with Crippen molar-refractivity contribution in [3.63, 3.8) is 0 Å². The van der Waals surface area contributed by atoms with Gasteiger partial charge in [-0.15, -0.1) is 0 Å². The van der Waals surface area contributed by atoms with E-state index in [1.807, 2.05) is 0 Å². The molecule has 2 unspecified atom stereocenters. The summed E-state index contributed by atoms with van der Waals surface area (Å²) in [7, 11) is 0. The number of benzene rings is 1. The molecule has 2 fully saturated rings. The van der Waals surface area contributed by atoms with Gasteiger partial charge in [-0.2, -0.15) is 0 Å². The molecule has 1 amide bonds. The van der Waals surface area contributed by atoms with Crippen LogP contribution in [0, 0.1) is 0 Å². The number of likely N-dealkylation sites (tertiary alicyclic amines) is 1. The summed E-state index contributed by atoms with van der Waals surface area (Å²) in [5, 5.41) is 9.85. The van der Waals surface area contributed by atoms with Crippen LogP contribution in [-0.2, 0) is 9.53 Å². The van der Waals surface area contributed by atoms with Crippen LogP contribution >= 0.6 is 0 Å². The van der Waals surface area contributed by atoms with Crippen LogP contribution < -0.4 is 0 Å². The molecule has 1 heterocycles. The number of rotatable bonds is 4. The van der Waals surface area contributed by atoms with Crippen LogP contribution in [0.1, 0.15) is 63.4 Å². The van der Waals surface area contributed by atoms with E-state index in [9.17, 15) is 9.90 Å². The van der Waals surface area contributed by atoms with Crippen LogP contribution in [0.15, 0.2) is 30.3 Å². The number of carbonyl (C=O) groups is 1. The van der Waals surface area contributed by atoms with Crippen molar-refractivity contribution in [1.82, 2.24) is 4.90 Å². The Labute approximate surface area is 151 Å². The van der Waals surface area contributed by atoms with Gasteiger partial charge in [0, 0.05) is 13.5 Å². The fraction of sp³-hybridized carbons (Fsp3) is 0.667. The molecule has 0 aromatic heterocycles. The van der Waals surface area contributed by atoms with Crippen LogP contribution in [0.3, 0.4) is 0 Å². The summed E-state index contributed by atoms with van der Waals surface area (Å²) >= 11 is 0. The first-order chi connectivity index (χ1) is 12.1. The van der Waals surface area contributed by atoms with E-state index in [-0.39, 0.29) is 18.1 Å². The Morgan fingerprint density at radius 3 is 2.68 bits per heavy atom. The maximum Gasteiger partial charge on any atom is 0.219 e. The Bertz CT molecular complexity index is 547. The number of carbonyl (C=O) groups excluding carboxylic acids is 1. The summed E-state index contributed by atoms with van der Waals surface area (Å²) < 4.78 is 6.21. The minimum absolute atomic E-state index is 0.0304. The van der Waals surface area contributed by atoms with Gasteiger partial charge in [0.05, 0.1) is 24.9 Å². The second-order valence-corrected chi connectivity index (χ2v) is 7.64. The van der Waals surface area contributed by atoms with Gasteiger partial charge in [0.15, 0.2) is 0 Å². The highest BCUT2D eigenvalue weighted by Crippen LogP contribution is 2.32. The zero-order valence-corrected chi connectivity index (χ0v) is 15.3. The monoisotopic (exact) mass is 345 g/mol. The molecule has 1 saturated heterocycles. The first kappa shape index (κ1) is 18.4. The standard InChI is InChI=1S/C21H31NO3/c1-16(23)22-14-20(24)13-19(22)15-25-21-10-6-5-9-18(11-12-21)17-7-3-2-4-8-17/h2-4,7-8,18-21,24H,5-6,9-15H2,1H3/t18?,19-,20+,21?/m0/s1. The van der Waals surface area contributed by atoms with Gasteiger partial charge < -0.3 is 14.7 Å². The van der Waals surface area contributed by atoms with Gasteiger partial charge in [0.1, 0.15) is 0 Å². The van der Waals surface area contributed by atoms with Gasteiger partial charge in [-0.05, 0) is 43.6 Å². The molecule has 0 radical (unpaired) electrons. The molecule has 4 heteroatoms. The van der Waals surface area contributed by atoms with Crippen LogP contribution in [-0.4, -0.2) is 47.3 Å². The molecule has 0 bridgehead atoms. The van der Waals surface area contributed by atoms with E-state index in [4.69, 9.17) is 4.74 Å². The highest BCUT2D eigenvalue weighted by Gasteiger charge is 2.33. The molecule has 3 rings (SSSR count). The Morgan fingerprint density at radius 2 is 1.92 bits per heavy atom. The van der Waals surface area contributed by atoms with Crippen LogP contribution in [0.2, 0.25) is 0 Å². The lowest BCUT2D eigenvalue weighted by Crippen LogP contribution is -2.38. The molecular formula is C21H31NO3. The minimum Gasteiger partial charge on any atom is -0.391 e. The third-order valence-corrected chi connectivity index (χ3v) is 5.76. The predicted molar refractivity (Wildman–Crippen MR) is 98.4 cm³/mol. The molecule has 1 aromatic rings. The number of hydrogen-bond donors (Lipinski definition) is 1. The van der Waals surface area contributed by atoms with Gasteiger partial charge >= 0.3 is 0 Å².